The van der Waals surface area contributed by atoms with Crippen LogP contribution in [-0.4, -0.2) is 65.9 Å². The Morgan fingerprint density at radius 3 is 2.56 bits per heavy atom. The number of piperazine rings is 1. The lowest BCUT2D eigenvalue weighted by Gasteiger charge is -2.37. The molecule has 2 aromatic rings. The van der Waals surface area contributed by atoms with Crippen molar-refractivity contribution < 1.29 is 14.3 Å². The van der Waals surface area contributed by atoms with Crippen LogP contribution < -0.4 is 0 Å². The summed E-state index contributed by atoms with van der Waals surface area (Å²) in [4.78, 5) is 32.8. The maximum atomic E-state index is 13.0. The summed E-state index contributed by atoms with van der Waals surface area (Å²) in [6.07, 6.45) is 0. The molecule has 0 spiro atoms. The molecule has 1 atom stereocenters. The van der Waals surface area contributed by atoms with Crippen molar-refractivity contribution in [2.24, 2.45) is 0 Å². The van der Waals surface area contributed by atoms with Crippen LogP contribution in [0.3, 0.4) is 0 Å². The lowest BCUT2D eigenvalue weighted by atomic mass is 10.0. The van der Waals surface area contributed by atoms with Gasteiger partial charge >= 0.3 is 5.97 Å². The first-order valence-electron chi connectivity index (χ1n) is 9.21. The van der Waals surface area contributed by atoms with Crippen LogP contribution in [0.1, 0.15) is 44.6 Å². The lowest BCUT2D eigenvalue weighted by Crippen LogP contribution is -2.51. The van der Waals surface area contributed by atoms with Gasteiger partial charge in [-0.2, -0.15) is 11.3 Å². The summed E-state index contributed by atoms with van der Waals surface area (Å²) >= 11 is 1.73. The zero-order valence-corrected chi connectivity index (χ0v) is 17.2. The van der Waals surface area contributed by atoms with Crippen molar-refractivity contribution in [3.8, 4) is 0 Å². The van der Waals surface area contributed by atoms with Gasteiger partial charge in [0.1, 0.15) is 0 Å². The molecule has 0 aliphatic carbocycles. The number of rotatable bonds is 6. The molecule has 3 heterocycles. The Labute approximate surface area is 164 Å². The number of H-pyrrole nitrogens is 1. The molecule has 1 aliphatic heterocycles. The third kappa shape index (κ3) is 4.15. The van der Waals surface area contributed by atoms with Crippen LogP contribution in [0.2, 0.25) is 0 Å². The van der Waals surface area contributed by atoms with Crippen molar-refractivity contribution in [3.05, 3.63) is 44.9 Å². The molecule has 0 radical (unpaired) electrons. The van der Waals surface area contributed by atoms with Gasteiger partial charge in [-0.15, -0.1) is 0 Å². The Kier molecular flexibility index (Phi) is 6.14. The second kappa shape index (κ2) is 8.37. The number of carbonyl (C=O) groups excluding carboxylic acids is 2. The standard InChI is InChI=1S/C20H27N3O3S/c1-13-17(20(25)26-4)14(2)21-18(13)19(24)15(3)23-8-6-22(7-9-23)11-16-5-10-27-12-16/h5,10,12,15,21H,6-9,11H2,1-4H3/t15-/m0/s1. The number of aromatic nitrogens is 1. The molecular weight excluding hydrogens is 362 g/mol. The molecule has 3 rings (SSSR count). The quantitative estimate of drug-likeness (QED) is 0.608. The average molecular weight is 390 g/mol. The monoisotopic (exact) mass is 389 g/mol. The minimum absolute atomic E-state index is 0.0250. The number of nitrogens with one attached hydrogen (secondary N) is 1. The molecule has 27 heavy (non-hydrogen) atoms. The van der Waals surface area contributed by atoms with Crippen molar-refractivity contribution in [3.63, 3.8) is 0 Å². The number of ketones is 1. The van der Waals surface area contributed by atoms with Gasteiger partial charge < -0.3 is 9.72 Å². The van der Waals surface area contributed by atoms with Gasteiger partial charge in [0.25, 0.3) is 0 Å². The second-order valence-corrected chi connectivity index (χ2v) is 7.88. The molecule has 0 amide bonds. The van der Waals surface area contributed by atoms with E-state index in [0.29, 0.717) is 22.5 Å². The Morgan fingerprint density at radius 2 is 1.96 bits per heavy atom. The summed E-state index contributed by atoms with van der Waals surface area (Å²) in [5.74, 6) is -0.382. The summed E-state index contributed by atoms with van der Waals surface area (Å²) < 4.78 is 4.84. The van der Waals surface area contributed by atoms with Crippen LogP contribution in [0.4, 0.5) is 0 Å². The largest absolute Gasteiger partial charge is 0.465 e. The van der Waals surface area contributed by atoms with Crippen LogP contribution in [0.5, 0.6) is 0 Å². The van der Waals surface area contributed by atoms with E-state index in [1.165, 1.54) is 12.7 Å². The zero-order valence-electron chi connectivity index (χ0n) is 16.4. The Hall–Kier alpha value is -1.96. The lowest BCUT2D eigenvalue weighted by molar-refractivity contribution is 0.0599. The molecule has 146 valence electrons. The Morgan fingerprint density at radius 1 is 1.26 bits per heavy atom. The molecule has 1 aliphatic rings. The number of aryl methyl sites for hydroxylation is 1. The van der Waals surface area contributed by atoms with Gasteiger partial charge in [-0.3, -0.25) is 14.6 Å². The van der Waals surface area contributed by atoms with E-state index in [4.69, 9.17) is 4.74 Å². The van der Waals surface area contributed by atoms with Crippen molar-refractivity contribution in [1.82, 2.24) is 14.8 Å². The van der Waals surface area contributed by atoms with Crippen LogP contribution in [0.15, 0.2) is 16.8 Å². The Bertz CT molecular complexity index is 805. The molecule has 1 fully saturated rings. The molecule has 1 saturated heterocycles. The number of ether oxygens (including phenoxy) is 1. The highest BCUT2D eigenvalue weighted by Crippen LogP contribution is 2.22. The highest BCUT2D eigenvalue weighted by Gasteiger charge is 2.30. The first kappa shape index (κ1) is 19.8. The molecule has 2 aromatic heterocycles. The van der Waals surface area contributed by atoms with E-state index < -0.39 is 5.97 Å². The number of methoxy groups -OCH3 is 1. The Balaban J connectivity index is 1.64. The predicted molar refractivity (Wildman–Crippen MR) is 107 cm³/mol. The first-order valence-corrected chi connectivity index (χ1v) is 10.2. The van der Waals surface area contributed by atoms with Crippen LogP contribution in [0.25, 0.3) is 0 Å². The van der Waals surface area contributed by atoms with E-state index >= 15 is 0 Å². The van der Waals surface area contributed by atoms with Crippen molar-refractivity contribution in [2.45, 2.75) is 33.4 Å². The topological polar surface area (TPSA) is 65.6 Å². The van der Waals surface area contributed by atoms with Crippen molar-refractivity contribution in [2.75, 3.05) is 33.3 Å². The number of hydrogen-bond donors (Lipinski definition) is 1. The van der Waals surface area contributed by atoms with Crippen LogP contribution in [-0.2, 0) is 11.3 Å². The average Bonchev–Trinajstić information content (AvgIpc) is 3.28. The fourth-order valence-corrected chi connectivity index (χ4v) is 4.39. The summed E-state index contributed by atoms with van der Waals surface area (Å²) in [5.41, 5.74) is 3.68. The number of Topliss-reactive ketones (excluding diaryl/α,β-unsaturated/α-hetero) is 1. The number of nitrogens with zero attached hydrogens (tertiary/aromatic N) is 2. The molecule has 0 saturated carbocycles. The van der Waals surface area contributed by atoms with E-state index in [9.17, 15) is 9.59 Å². The summed E-state index contributed by atoms with van der Waals surface area (Å²) in [7, 11) is 1.36. The molecule has 1 N–H and O–H groups in total. The van der Waals surface area contributed by atoms with Crippen molar-refractivity contribution >= 4 is 23.1 Å². The van der Waals surface area contributed by atoms with E-state index in [1.807, 2.05) is 6.92 Å². The van der Waals surface area contributed by atoms with Crippen LogP contribution in [0, 0.1) is 13.8 Å². The van der Waals surface area contributed by atoms with Gasteiger partial charge in [-0.1, -0.05) is 0 Å². The van der Waals surface area contributed by atoms with Gasteiger partial charge in [-0.25, -0.2) is 4.79 Å². The number of thiophene rings is 1. The molecule has 0 bridgehead atoms. The fraction of sp³-hybridized carbons (Fsp3) is 0.500. The fourth-order valence-electron chi connectivity index (χ4n) is 3.73. The summed E-state index contributed by atoms with van der Waals surface area (Å²) in [6.45, 7) is 10.1. The number of aromatic amines is 1. The molecule has 0 aromatic carbocycles. The molecule has 7 heteroatoms. The highest BCUT2D eigenvalue weighted by molar-refractivity contribution is 7.07. The second-order valence-electron chi connectivity index (χ2n) is 7.10. The molecular formula is C20H27N3O3S. The maximum Gasteiger partial charge on any atom is 0.339 e. The number of hydrogen-bond acceptors (Lipinski definition) is 6. The SMILES string of the molecule is COC(=O)c1c(C)[nH]c(C(=O)[C@H](C)N2CCN(Cc3ccsc3)CC2)c1C. The zero-order chi connectivity index (χ0) is 19.6. The van der Waals surface area contributed by atoms with E-state index in [0.717, 1.165) is 32.7 Å². The van der Waals surface area contributed by atoms with Gasteiger partial charge in [0.2, 0.25) is 0 Å². The van der Waals surface area contributed by atoms with E-state index in [1.54, 1.807) is 25.2 Å². The normalized spacial score (nSPS) is 17.0. The van der Waals surface area contributed by atoms with Crippen LogP contribution >= 0.6 is 11.3 Å². The summed E-state index contributed by atoms with van der Waals surface area (Å²) in [6, 6.07) is 1.94. The third-order valence-corrected chi connectivity index (χ3v) is 6.13. The van der Waals surface area contributed by atoms with Gasteiger partial charge in [-0.05, 0) is 48.7 Å². The van der Waals surface area contributed by atoms with E-state index in [-0.39, 0.29) is 11.8 Å². The smallest absolute Gasteiger partial charge is 0.339 e. The maximum absolute atomic E-state index is 13.0. The number of esters is 1. The van der Waals surface area contributed by atoms with Gasteiger partial charge in [0.05, 0.1) is 24.4 Å². The minimum Gasteiger partial charge on any atom is -0.465 e. The first-order chi connectivity index (χ1) is 12.9. The van der Waals surface area contributed by atoms with Crippen molar-refractivity contribution in [1.29, 1.82) is 0 Å². The predicted octanol–water partition coefficient (Wildman–Crippen LogP) is 2.87. The number of carbonyl (C=O) groups is 2. The molecule has 0 unspecified atom stereocenters. The minimum atomic E-state index is -0.407. The van der Waals surface area contributed by atoms with Gasteiger partial charge in [0, 0.05) is 38.4 Å². The van der Waals surface area contributed by atoms with E-state index in [2.05, 4.69) is 31.6 Å². The third-order valence-electron chi connectivity index (χ3n) is 5.39. The summed E-state index contributed by atoms with van der Waals surface area (Å²) in [5, 5.41) is 4.29. The highest BCUT2D eigenvalue weighted by atomic mass is 32.1. The molecule has 6 nitrogen and oxygen atoms in total. The van der Waals surface area contributed by atoms with Gasteiger partial charge in [0.15, 0.2) is 5.78 Å².